The molecule has 0 atom stereocenters. The summed E-state index contributed by atoms with van der Waals surface area (Å²) in [5, 5.41) is 9.82. The molecule has 2 aliphatic carbocycles. The van der Waals surface area contributed by atoms with Crippen LogP contribution in [0.2, 0.25) is 0 Å². The van der Waals surface area contributed by atoms with E-state index in [1.807, 2.05) is 6.20 Å². The van der Waals surface area contributed by atoms with Crippen LogP contribution in [-0.4, -0.2) is 22.6 Å². The van der Waals surface area contributed by atoms with Crippen molar-refractivity contribution < 1.29 is 4.79 Å². The zero-order valence-corrected chi connectivity index (χ0v) is 9.33. The van der Waals surface area contributed by atoms with Gasteiger partial charge in [0.25, 0.3) is 5.91 Å². The highest BCUT2D eigenvalue weighted by Gasteiger charge is 2.27. The Balaban J connectivity index is 1.66. The lowest BCUT2D eigenvalue weighted by molar-refractivity contribution is 0.0944. The predicted octanol–water partition coefficient (Wildman–Crippen LogP) is 1.82. The molecular weight excluding hydrogens is 202 g/mol. The first kappa shape index (κ1) is 9.87. The van der Waals surface area contributed by atoms with Crippen molar-refractivity contribution in [1.29, 1.82) is 0 Å². The molecule has 4 nitrogen and oxygen atoms in total. The Labute approximate surface area is 94.8 Å². The molecule has 0 aromatic carbocycles. The minimum atomic E-state index is 0.0197. The summed E-state index contributed by atoms with van der Waals surface area (Å²) in [6, 6.07) is 0. The number of rotatable bonds is 4. The lowest BCUT2D eigenvalue weighted by Crippen LogP contribution is -2.27. The first-order valence-corrected chi connectivity index (χ1v) is 6.16. The molecule has 0 spiro atoms. The molecule has 16 heavy (non-hydrogen) atoms. The van der Waals surface area contributed by atoms with Crippen LogP contribution in [0.25, 0.3) is 0 Å². The predicted molar refractivity (Wildman–Crippen MR) is 60.2 cm³/mol. The van der Waals surface area contributed by atoms with Crippen molar-refractivity contribution in [3.8, 4) is 0 Å². The van der Waals surface area contributed by atoms with Gasteiger partial charge in [0, 0.05) is 12.1 Å². The first-order chi connectivity index (χ1) is 7.84. The van der Waals surface area contributed by atoms with Crippen molar-refractivity contribution in [2.45, 2.75) is 38.0 Å². The zero-order valence-electron chi connectivity index (χ0n) is 9.33. The molecule has 2 saturated carbocycles. The van der Waals surface area contributed by atoms with E-state index in [4.69, 9.17) is 0 Å². The third-order valence-electron chi connectivity index (χ3n) is 3.69. The molecule has 0 saturated heterocycles. The molecule has 2 fully saturated rings. The van der Waals surface area contributed by atoms with Gasteiger partial charge in [0.05, 0.1) is 6.20 Å². The molecule has 2 N–H and O–H groups in total. The fourth-order valence-electron chi connectivity index (χ4n) is 2.15. The minimum absolute atomic E-state index is 0.0197. The van der Waals surface area contributed by atoms with Crippen LogP contribution in [0.3, 0.4) is 0 Å². The van der Waals surface area contributed by atoms with E-state index in [0.717, 1.165) is 18.0 Å². The molecule has 1 amide bonds. The number of aromatic amines is 1. The molecule has 3 rings (SSSR count). The normalized spacial score (nSPS) is 20.5. The number of carbonyl (C=O) groups is 1. The third kappa shape index (κ3) is 1.84. The largest absolute Gasteiger partial charge is 0.350 e. The fourth-order valence-corrected chi connectivity index (χ4v) is 2.15. The van der Waals surface area contributed by atoms with Crippen LogP contribution in [0.5, 0.6) is 0 Å². The quantitative estimate of drug-likeness (QED) is 0.811. The number of H-pyrrole nitrogens is 1. The minimum Gasteiger partial charge on any atom is -0.350 e. The van der Waals surface area contributed by atoms with Crippen LogP contribution in [0.15, 0.2) is 6.20 Å². The topological polar surface area (TPSA) is 57.8 Å². The smallest absolute Gasteiger partial charge is 0.269 e. The van der Waals surface area contributed by atoms with Gasteiger partial charge >= 0.3 is 0 Å². The van der Waals surface area contributed by atoms with E-state index in [-0.39, 0.29) is 5.91 Å². The van der Waals surface area contributed by atoms with E-state index >= 15 is 0 Å². The number of carbonyl (C=O) groups excluding carboxylic acids is 1. The van der Waals surface area contributed by atoms with E-state index in [9.17, 15) is 4.79 Å². The summed E-state index contributed by atoms with van der Waals surface area (Å²) in [6.45, 7) is 0.821. The Bertz CT molecular complexity index is 391. The van der Waals surface area contributed by atoms with Crippen molar-refractivity contribution >= 4 is 5.91 Å². The van der Waals surface area contributed by atoms with Crippen LogP contribution in [0, 0.1) is 5.92 Å². The molecule has 86 valence electrons. The van der Waals surface area contributed by atoms with E-state index in [0.29, 0.717) is 11.6 Å². The Morgan fingerprint density at radius 3 is 2.88 bits per heavy atom. The first-order valence-electron chi connectivity index (χ1n) is 6.16. The SMILES string of the molecule is O=C(NCC1CC1)c1[nH]ncc1C1CCC1. The Morgan fingerprint density at radius 2 is 2.25 bits per heavy atom. The summed E-state index contributed by atoms with van der Waals surface area (Å²) in [4.78, 5) is 11.9. The van der Waals surface area contributed by atoms with Crippen molar-refractivity contribution in [3.63, 3.8) is 0 Å². The van der Waals surface area contributed by atoms with Crippen molar-refractivity contribution in [1.82, 2.24) is 15.5 Å². The van der Waals surface area contributed by atoms with Gasteiger partial charge in [-0.15, -0.1) is 0 Å². The average molecular weight is 219 g/mol. The van der Waals surface area contributed by atoms with Crippen LogP contribution >= 0.6 is 0 Å². The van der Waals surface area contributed by atoms with Crippen LogP contribution in [-0.2, 0) is 0 Å². The molecule has 1 aromatic heterocycles. The maximum absolute atomic E-state index is 11.9. The molecule has 2 aliphatic rings. The van der Waals surface area contributed by atoms with Crippen LogP contribution in [0.1, 0.15) is 54.1 Å². The molecule has 1 aromatic rings. The van der Waals surface area contributed by atoms with Crippen molar-refractivity contribution in [3.05, 3.63) is 17.5 Å². The fraction of sp³-hybridized carbons (Fsp3) is 0.667. The number of aromatic nitrogens is 2. The lowest BCUT2D eigenvalue weighted by Gasteiger charge is -2.24. The van der Waals surface area contributed by atoms with Gasteiger partial charge in [-0.25, -0.2) is 0 Å². The van der Waals surface area contributed by atoms with Crippen molar-refractivity contribution in [2.24, 2.45) is 5.92 Å². The van der Waals surface area contributed by atoms with Gasteiger partial charge < -0.3 is 5.32 Å². The second-order valence-corrected chi connectivity index (χ2v) is 4.98. The second kappa shape index (κ2) is 3.92. The second-order valence-electron chi connectivity index (χ2n) is 4.98. The van der Waals surface area contributed by atoms with E-state index in [2.05, 4.69) is 15.5 Å². The van der Waals surface area contributed by atoms with Gasteiger partial charge in [-0.1, -0.05) is 6.42 Å². The zero-order chi connectivity index (χ0) is 11.0. The summed E-state index contributed by atoms with van der Waals surface area (Å²) >= 11 is 0. The molecule has 1 heterocycles. The standard InChI is InChI=1S/C12H17N3O/c16-12(13-6-8-4-5-8)11-10(7-14-15-11)9-2-1-3-9/h7-9H,1-6H2,(H,13,16)(H,14,15). The highest BCUT2D eigenvalue weighted by Crippen LogP contribution is 2.37. The Morgan fingerprint density at radius 1 is 1.44 bits per heavy atom. The molecule has 0 bridgehead atoms. The summed E-state index contributed by atoms with van der Waals surface area (Å²) < 4.78 is 0. The maximum atomic E-state index is 11.9. The molecule has 0 aliphatic heterocycles. The molecule has 0 radical (unpaired) electrons. The maximum Gasteiger partial charge on any atom is 0.269 e. The monoisotopic (exact) mass is 219 g/mol. The number of amides is 1. The summed E-state index contributed by atoms with van der Waals surface area (Å²) in [7, 11) is 0. The number of hydrogen-bond acceptors (Lipinski definition) is 2. The van der Waals surface area contributed by atoms with E-state index in [1.54, 1.807) is 0 Å². The van der Waals surface area contributed by atoms with Gasteiger partial charge in [0.1, 0.15) is 5.69 Å². The van der Waals surface area contributed by atoms with Gasteiger partial charge in [-0.2, -0.15) is 5.10 Å². The molecular formula is C12H17N3O. The average Bonchev–Trinajstić information content (AvgIpc) is 2.91. The van der Waals surface area contributed by atoms with Gasteiger partial charge in [0.2, 0.25) is 0 Å². The van der Waals surface area contributed by atoms with Crippen molar-refractivity contribution in [2.75, 3.05) is 6.54 Å². The third-order valence-corrected chi connectivity index (χ3v) is 3.69. The van der Waals surface area contributed by atoms with Crippen LogP contribution in [0.4, 0.5) is 0 Å². The summed E-state index contributed by atoms with van der Waals surface area (Å²) in [6.07, 6.45) is 8.01. The van der Waals surface area contributed by atoms with Gasteiger partial charge in [-0.05, 0) is 37.5 Å². The Kier molecular flexibility index (Phi) is 2.42. The number of nitrogens with one attached hydrogen (secondary N) is 2. The highest BCUT2D eigenvalue weighted by atomic mass is 16.1. The van der Waals surface area contributed by atoms with E-state index < -0.39 is 0 Å². The van der Waals surface area contributed by atoms with Gasteiger partial charge in [-0.3, -0.25) is 9.89 Å². The highest BCUT2D eigenvalue weighted by molar-refractivity contribution is 5.93. The van der Waals surface area contributed by atoms with E-state index in [1.165, 1.54) is 32.1 Å². The molecule has 0 unspecified atom stereocenters. The number of nitrogens with zero attached hydrogens (tertiary/aromatic N) is 1. The summed E-state index contributed by atoms with van der Waals surface area (Å²) in [5.41, 5.74) is 1.80. The lowest BCUT2D eigenvalue weighted by atomic mass is 9.80. The Hall–Kier alpha value is -1.32. The summed E-state index contributed by atoms with van der Waals surface area (Å²) in [5.74, 6) is 1.30. The van der Waals surface area contributed by atoms with Crippen LogP contribution < -0.4 is 5.32 Å². The number of hydrogen-bond donors (Lipinski definition) is 2. The molecule has 4 heteroatoms. The van der Waals surface area contributed by atoms with Gasteiger partial charge in [0.15, 0.2) is 0 Å².